The Kier molecular flexibility index (Phi) is 9.59. The van der Waals surface area contributed by atoms with Crippen molar-refractivity contribution in [1.82, 2.24) is 16.0 Å². The van der Waals surface area contributed by atoms with E-state index in [2.05, 4.69) is 16.0 Å². The van der Waals surface area contributed by atoms with Crippen LogP contribution in [0.15, 0.2) is 24.3 Å². The molecule has 0 spiro atoms. The summed E-state index contributed by atoms with van der Waals surface area (Å²) in [5, 5.41) is 18.8. The van der Waals surface area contributed by atoms with Crippen LogP contribution in [-0.4, -0.2) is 48.6 Å². The van der Waals surface area contributed by atoms with E-state index in [1.54, 1.807) is 12.1 Å². The number of benzene rings is 1. The zero-order valence-corrected chi connectivity index (χ0v) is 18.4. The van der Waals surface area contributed by atoms with Gasteiger partial charge in [-0.05, 0) is 56.0 Å². The molecule has 2 rings (SSSR count). The van der Waals surface area contributed by atoms with Gasteiger partial charge in [0.1, 0.15) is 6.04 Å². The number of carbonyl (C=O) groups is 3. The average Bonchev–Trinajstić information content (AvgIpc) is 2.71. The lowest BCUT2D eigenvalue weighted by Crippen LogP contribution is -2.43. The molecule has 0 saturated carbocycles. The lowest BCUT2D eigenvalue weighted by Gasteiger charge is -2.24. The highest BCUT2D eigenvalue weighted by Crippen LogP contribution is 2.22. The van der Waals surface area contributed by atoms with Crippen LogP contribution in [0.5, 0.6) is 0 Å². The summed E-state index contributed by atoms with van der Waals surface area (Å²) < 4.78 is 0. The summed E-state index contributed by atoms with van der Waals surface area (Å²) in [5.74, 6) is -1.55. The van der Waals surface area contributed by atoms with Crippen molar-refractivity contribution in [3.05, 3.63) is 34.9 Å². The molecule has 2 amide bonds. The fourth-order valence-corrected chi connectivity index (χ4v) is 3.79. The van der Waals surface area contributed by atoms with Crippen molar-refractivity contribution >= 4 is 29.4 Å². The van der Waals surface area contributed by atoms with E-state index >= 15 is 0 Å². The zero-order valence-electron chi connectivity index (χ0n) is 17.6. The van der Waals surface area contributed by atoms with E-state index < -0.39 is 12.0 Å². The molecule has 0 unspecified atom stereocenters. The molecule has 8 heteroatoms. The van der Waals surface area contributed by atoms with E-state index in [1.165, 1.54) is 0 Å². The number of hydrogen-bond acceptors (Lipinski definition) is 4. The first-order valence-corrected chi connectivity index (χ1v) is 10.9. The maximum Gasteiger partial charge on any atom is 0.326 e. The van der Waals surface area contributed by atoms with Crippen LogP contribution < -0.4 is 16.0 Å². The van der Waals surface area contributed by atoms with Crippen LogP contribution >= 0.6 is 11.6 Å². The fraction of sp³-hybridized carbons (Fsp3) is 0.591. The zero-order chi connectivity index (χ0) is 22.1. The molecular formula is C22H32ClN3O4. The Labute approximate surface area is 182 Å². The second kappa shape index (κ2) is 11.9. The number of halogens is 1. The van der Waals surface area contributed by atoms with E-state index in [-0.39, 0.29) is 36.0 Å². The van der Waals surface area contributed by atoms with Crippen molar-refractivity contribution in [2.75, 3.05) is 19.6 Å². The molecule has 1 aliphatic heterocycles. The number of carbonyl (C=O) groups excluding carboxylic acids is 2. The summed E-state index contributed by atoms with van der Waals surface area (Å²) in [6.45, 7) is 5.78. The minimum absolute atomic E-state index is 0.000841. The standard InChI is InChI=1S/C22H32ClN3O4/c1-14(2)11-19(22(29)30)26-20(27)12-17(15-3-5-18(23)6-4-15)13-25-21(28)16-7-9-24-10-8-16/h3-6,14,16-17,19,24H,7-13H2,1-2H3,(H,25,28)(H,26,27)(H,29,30)/t17-,19-/m0/s1. The molecule has 1 saturated heterocycles. The minimum Gasteiger partial charge on any atom is -0.480 e. The number of rotatable bonds is 10. The summed E-state index contributed by atoms with van der Waals surface area (Å²) in [4.78, 5) is 36.6. The third kappa shape index (κ3) is 7.95. The van der Waals surface area contributed by atoms with Crippen LogP contribution in [0.2, 0.25) is 5.02 Å². The first-order valence-electron chi connectivity index (χ1n) is 10.5. The largest absolute Gasteiger partial charge is 0.480 e. The van der Waals surface area contributed by atoms with Gasteiger partial charge in [-0.1, -0.05) is 37.6 Å². The smallest absolute Gasteiger partial charge is 0.326 e. The SMILES string of the molecule is CC(C)C[C@H](NC(=O)C[C@@H](CNC(=O)C1CCNCC1)c1ccc(Cl)cc1)C(=O)O. The van der Waals surface area contributed by atoms with E-state index in [4.69, 9.17) is 11.6 Å². The summed E-state index contributed by atoms with van der Waals surface area (Å²) >= 11 is 5.98. The minimum atomic E-state index is -1.04. The lowest BCUT2D eigenvalue weighted by molar-refractivity contribution is -0.142. The molecule has 2 atom stereocenters. The predicted octanol–water partition coefficient (Wildman–Crippen LogP) is 2.54. The molecule has 1 aromatic carbocycles. The second-order valence-electron chi connectivity index (χ2n) is 8.31. The van der Waals surface area contributed by atoms with E-state index in [0.717, 1.165) is 31.5 Å². The number of aliphatic carboxylic acids is 1. The van der Waals surface area contributed by atoms with Crippen molar-refractivity contribution in [3.8, 4) is 0 Å². The topological polar surface area (TPSA) is 108 Å². The van der Waals surface area contributed by atoms with Crippen molar-refractivity contribution in [2.45, 2.75) is 51.5 Å². The molecule has 4 N–H and O–H groups in total. The highest BCUT2D eigenvalue weighted by atomic mass is 35.5. The van der Waals surface area contributed by atoms with E-state index in [1.807, 2.05) is 26.0 Å². The first kappa shape index (κ1) is 24.2. The van der Waals surface area contributed by atoms with Gasteiger partial charge in [-0.3, -0.25) is 9.59 Å². The van der Waals surface area contributed by atoms with Gasteiger partial charge in [-0.25, -0.2) is 4.79 Å². The second-order valence-corrected chi connectivity index (χ2v) is 8.75. The monoisotopic (exact) mass is 437 g/mol. The Balaban J connectivity index is 2.03. The molecule has 1 fully saturated rings. The fourth-order valence-electron chi connectivity index (χ4n) is 3.66. The lowest BCUT2D eigenvalue weighted by atomic mass is 9.93. The molecule has 1 aromatic rings. The van der Waals surface area contributed by atoms with Crippen LogP contribution in [0.1, 0.15) is 51.0 Å². The molecule has 0 radical (unpaired) electrons. The molecule has 0 aliphatic carbocycles. The number of hydrogen-bond donors (Lipinski definition) is 4. The van der Waals surface area contributed by atoms with Gasteiger partial charge in [0.2, 0.25) is 11.8 Å². The Morgan fingerprint density at radius 2 is 1.80 bits per heavy atom. The number of carboxylic acid groups (broad SMARTS) is 1. The van der Waals surface area contributed by atoms with Gasteiger partial charge in [-0.15, -0.1) is 0 Å². The molecule has 0 bridgehead atoms. The number of carboxylic acids is 1. The molecule has 7 nitrogen and oxygen atoms in total. The van der Waals surface area contributed by atoms with Crippen molar-refractivity contribution in [3.63, 3.8) is 0 Å². The van der Waals surface area contributed by atoms with Gasteiger partial charge >= 0.3 is 5.97 Å². The third-order valence-corrected chi connectivity index (χ3v) is 5.60. The molecule has 166 valence electrons. The molecule has 1 aliphatic rings. The van der Waals surface area contributed by atoms with Crippen molar-refractivity contribution < 1.29 is 19.5 Å². The number of nitrogens with one attached hydrogen (secondary N) is 3. The van der Waals surface area contributed by atoms with Crippen molar-refractivity contribution in [1.29, 1.82) is 0 Å². The Bertz CT molecular complexity index is 718. The van der Waals surface area contributed by atoms with Crippen LogP contribution in [-0.2, 0) is 14.4 Å². The first-order chi connectivity index (χ1) is 14.3. The van der Waals surface area contributed by atoms with Gasteiger partial charge in [-0.2, -0.15) is 0 Å². The summed E-state index contributed by atoms with van der Waals surface area (Å²) in [5.41, 5.74) is 0.871. The molecular weight excluding hydrogens is 406 g/mol. The van der Waals surface area contributed by atoms with Gasteiger partial charge in [0, 0.05) is 29.8 Å². The molecule has 1 heterocycles. The van der Waals surface area contributed by atoms with E-state index in [9.17, 15) is 19.5 Å². The highest BCUT2D eigenvalue weighted by Gasteiger charge is 2.25. The van der Waals surface area contributed by atoms with Crippen molar-refractivity contribution in [2.24, 2.45) is 11.8 Å². The summed E-state index contributed by atoms with van der Waals surface area (Å²) in [6.07, 6.45) is 2.04. The third-order valence-electron chi connectivity index (χ3n) is 5.35. The average molecular weight is 438 g/mol. The van der Waals surface area contributed by atoms with Gasteiger partial charge in [0.15, 0.2) is 0 Å². The summed E-state index contributed by atoms with van der Waals surface area (Å²) in [7, 11) is 0. The molecule has 30 heavy (non-hydrogen) atoms. The predicted molar refractivity (Wildman–Crippen MR) is 116 cm³/mol. The number of piperidine rings is 1. The Hall–Kier alpha value is -2.12. The quantitative estimate of drug-likeness (QED) is 0.450. The Morgan fingerprint density at radius 1 is 1.17 bits per heavy atom. The maximum atomic E-state index is 12.6. The Morgan fingerprint density at radius 3 is 2.37 bits per heavy atom. The van der Waals surface area contributed by atoms with Gasteiger partial charge in [0.05, 0.1) is 0 Å². The van der Waals surface area contributed by atoms with Gasteiger partial charge < -0.3 is 21.1 Å². The van der Waals surface area contributed by atoms with Crippen LogP contribution in [0.4, 0.5) is 0 Å². The van der Waals surface area contributed by atoms with E-state index in [0.29, 0.717) is 18.0 Å². The normalized spacial score (nSPS) is 16.7. The van der Waals surface area contributed by atoms with Crippen LogP contribution in [0.3, 0.4) is 0 Å². The van der Waals surface area contributed by atoms with Crippen LogP contribution in [0, 0.1) is 11.8 Å². The summed E-state index contributed by atoms with van der Waals surface area (Å²) in [6, 6.07) is 6.23. The van der Waals surface area contributed by atoms with Gasteiger partial charge in [0.25, 0.3) is 0 Å². The number of amides is 2. The highest BCUT2D eigenvalue weighted by molar-refractivity contribution is 6.30. The van der Waals surface area contributed by atoms with Crippen LogP contribution in [0.25, 0.3) is 0 Å². The maximum absolute atomic E-state index is 12.6. The molecule has 0 aromatic heterocycles.